The lowest BCUT2D eigenvalue weighted by Gasteiger charge is -2.37. The van der Waals surface area contributed by atoms with Gasteiger partial charge >= 0.3 is 6.18 Å². The van der Waals surface area contributed by atoms with Crippen LogP contribution in [-0.4, -0.2) is 40.2 Å². The SMILES string of the molecule is Cc1ccc(C(C)C)c(OCC(=O)N2N=C3CCCCCC3C2(O)C(F)(F)F)c1. The van der Waals surface area contributed by atoms with Gasteiger partial charge in [-0.15, -0.1) is 0 Å². The fourth-order valence-electron chi connectivity index (χ4n) is 4.09. The molecule has 1 aliphatic heterocycles. The highest BCUT2D eigenvalue weighted by atomic mass is 19.4. The summed E-state index contributed by atoms with van der Waals surface area (Å²) in [5, 5.41) is 14.8. The van der Waals surface area contributed by atoms with Gasteiger partial charge < -0.3 is 9.84 Å². The molecule has 1 amide bonds. The topological polar surface area (TPSA) is 62.1 Å². The van der Waals surface area contributed by atoms with Crippen molar-refractivity contribution >= 4 is 11.6 Å². The minimum absolute atomic E-state index is 0.117. The van der Waals surface area contributed by atoms with Gasteiger partial charge in [-0.25, -0.2) is 0 Å². The van der Waals surface area contributed by atoms with Gasteiger partial charge in [0.2, 0.25) is 0 Å². The number of hydrazone groups is 1. The molecule has 1 aliphatic carbocycles. The van der Waals surface area contributed by atoms with Gasteiger partial charge in [0.05, 0.1) is 5.92 Å². The van der Waals surface area contributed by atoms with Gasteiger partial charge in [0.15, 0.2) is 6.61 Å². The van der Waals surface area contributed by atoms with E-state index >= 15 is 0 Å². The van der Waals surface area contributed by atoms with Crippen molar-refractivity contribution in [1.82, 2.24) is 5.01 Å². The largest absolute Gasteiger partial charge is 0.483 e. The number of aryl methyl sites for hydroxylation is 1. The predicted molar refractivity (Wildman–Crippen MR) is 103 cm³/mol. The molecule has 0 saturated heterocycles. The number of fused-ring (bicyclic) bond motifs is 1. The molecule has 1 N–H and O–H groups in total. The van der Waals surface area contributed by atoms with E-state index in [1.165, 1.54) is 0 Å². The van der Waals surface area contributed by atoms with Crippen LogP contribution in [0.3, 0.4) is 0 Å². The Bertz CT molecular complexity index is 807. The first-order valence-electron chi connectivity index (χ1n) is 9.98. The Morgan fingerprint density at radius 3 is 2.72 bits per heavy atom. The van der Waals surface area contributed by atoms with E-state index in [-0.39, 0.29) is 23.1 Å². The Labute approximate surface area is 168 Å². The molecule has 3 rings (SSSR count). The Balaban J connectivity index is 1.85. The highest BCUT2D eigenvalue weighted by Gasteiger charge is 2.68. The molecule has 160 valence electrons. The molecule has 0 spiro atoms. The zero-order valence-electron chi connectivity index (χ0n) is 16.9. The van der Waals surface area contributed by atoms with Gasteiger partial charge in [0, 0.05) is 5.71 Å². The quantitative estimate of drug-likeness (QED) is 0.791. The Hall–Kier alpha value is -2.09. The molecule has 1 aromatic carbocycles. The molecule has 8 heteroatoms. The number of benzene rings is 1. The van der Waals surface area contributed by atoms with Crippen LogP contribution >= 0.6 is 0 Å². The average Bonchev–Trinajstić information content (AvgIpc) is 2.79. The third-order valence-corrected chi connectivity index (χ3v) is 5.66. The molecular weight excluding hydrogens is 385 g/mol. The lowest BCUT2D eigenvalue weighted by Crippen LogP contribution is -2.61. The molecule has 0 radical (unpaired) electrons. The number of aliphatic hydroxyl groups is 1. The van der Waals surface area contributed by atoms with Gasteiger partial charge in [-0.1, -0.05) is 38.8 Å². The molecule has 2 aliphatic rings. The van der Waals surface area contributed by atoms with Crippen molar-refractivity contribution < 1.29 is 27.8 Å². The molecule has 1 heterocycles. The van der Waals surface area contributed by atoms with E-state index in [9.17, 15) is 23.1 Å². The first kappa shape index (κ1) is 21.6. The number of alkyl halides is 3. The minimum atomic E-state index is -5.02. The molecule has 5 nitrogen and oxygen atoms in total. The summed E-state index contributed by atoms with van der Waals surface area (Å²) in [5.41, 5.74) is -1.31. The number of ether oxygens (including phenoxy) is 1. The van der Waals surface area contributed by atoms with Crippen LogP contribution in [0, 0.1) is 12.8 Å². The molecular formula is C21H27F3N2O3. The van der Waals surface area contributed by atoms with Gasteiger partial charge in [0.25, 0.3) is 11.6 Å². The molecule has 29 heavy (non-hydrogen) atoms. The molecule has 2 atom stereocenters. The van der Waals surface area contributed by atoms with Crippen LogP contribution in [0.15, 0.2) is 23.3 Å². The number of carbonyl (C=O) groups is 1. The summed E-state index contributed by atoms with van der Waals surface area (Å²) in [6.45, 7) is 5.15. The number of carbonyl (C=O) groups excluding carboxylic acids is 1. The Morgan fingerprint density at radius 2 is 2.07 bits per heavy atom. The molecule has 0 bridgehead atoms. The highest BCUT2D eigenvalue weighted by Crippen LogP contribution is 2.47. The zero-order valence-corrected chi connectivity index (χ0v) is 16.9. The third-order valence-electron chi connectivity index (χ3n) is 5.66. The lowest BCUT2D eigenvalue weighted by molar-refractivity contribution is -0.317. The summed E-state index contributed by atoms with van der Waals surface area (Å²) >= 11 is 0. The van der Waals surface area contributed by atoms with Crippen molar-refractivity contribution in [3.63, 3.8) is 0 Å². The van der Waals surface area contributed by atoms with E-state index in [4.69, 9.17) is 4.74 Å². The van der Waals surface area contributed by atoms with E-state index in [0.717, 1.165) is 17.5 Å². The standard InChI is InChI=1S/C21H27F3N2O3/c1-13(2)15-10-9-14(3)11-18(15)29-12-19(27)26-20(28,21(22,23)24)16-7-5-4-6-8-17(16)25-26/h9-11,13,16,28H,4-8,12H2,1-3H3. The zero-order chi connectivity index (χ0) is 21.4. The summed E-state index contributed by atoms with van der Waals surface area (Å²) < 4.78 is 47.3. The van der Waals surface area contributed by atoms with Gasteiger partial charge in [-0.3, -0.25) is 4.79 Å². The summed E-state index contributed by atoms with van der Waals surface area (Å²) in [6.07, 6.45) is -2.48. The van der Waals surface area contributed by atoms with Crippen molar-refractivity contribution in [3.8, 4) is 5.75 Å². The van der Waals surface area contributed by atoms with E-state index in [1.807, 2.05) is 32.9 Å². The second kappa shape index (κ2) is 7.97. The van der Waals surface area contributed by atoms with Crippen molar-refractivity contribution in [3.05, 3.63) is 29.3 Å². The lowest BCUT2D eigenvalue weighted by atomic mass is 9.87. The van der Waals surface area contributed by atoms with Crippen LogP contribution < -0.4 is 4.74 Å². The highest BCUT2D eigenvalue weighted by molar-refractivity contribution is 5.93. The number of hydrogen-bond donors (Lipinski definition) is 1. The smallest absolute Gasteiger partial charge is 0.439 e. The monoisotopic (exact) mass is 412 g/mol. The van der Waals surface area contributed by atoms with Crippen molar-refractivity contribution in [2.24, 2.45) is 11.0 Å². The molecule has 0 aromatic heterocycles. The second-order valence-corrected chi connectivity index (χ2v) is 8.16. The molecule has 1 aromatic rings. The first-order chi connectivity index (χ1) is 13.6. The van der Waals surface area contributed by atoms with E-state index in [1.54, 1.807) is 6.07 Å². The fourth-order valence-corrected chi connectivity index (χ4v) is 4.09. The Morgan fingerprint density at radius 1 is 1.34 bits per heavy atom. The van der Waals surface area contributed by atoms with Crippen LogP contribution in [0.5, 0.6) is 5.75 Å². The summed E-state index contributed by atoms with van der Waals surface area (Å²) in [6, 6.07) is 5.53. The van der Waals surface area contributed by atoms with Crippen LogP contribution in [0.4, 0.5) is 13.2 Å². The van der Waals surface area contributed by atoms with Crippen molar-refractivity contribution in [1.29, 1.82) is 0 Å². The fraction of sp³-hybridized carbons (Fsp3) is 0.619. The normalized spacial score (nSPS) is 24.9. The van der Waals surface area contributed by atoms with Crippen LogP contribution in [-0.2, 0) is 4.79 Å². The maximum atomic E-state index is 13.9. The molecule has 1 fully saturated rings. The number of hydrogen-bond acceptors (Lipinski definition) is 4. The van der Waals surface area contributed by atoms with Crippen LogP contribution in [0.1, 0.15) is 63.0 Å². The number of halogens is 3. The van der Waals surface area contributed by atoms with E-state index < -0.39 is 30.3 Å². The summed E-state index contributed by atoms with van der Waals surface area (Å²) in [7, 11) is 0. The van der Waals surface area contributed by atoms with Gasteiger partial charge in [-0.05, 0) is 49.3 Å². The van der Waals surface area contributed by atoms with Crippen LogP contribution in [0.2, 0.25) is 0 Å². The average molecular weight is 412 g/mol. The summed E-state index contributed by atoms with van der Waals surface area (Å²) in [5.74, 6) is -1.67. The first-order valence-corrected chi connectivity index (χ1v) is 9.98. The Kier molecular flexibility index (Phi) is 5.94. The van der Waals surface area contributed by atoms with E-state index in [2.05, 4.69) is 5.10 Å². The number of rotatable bonds is 4. The summed E-state index contributed by atoms with van der Waals surface area (Å²) in [4.78, 5) is 12.7. The van der Waals surface area contributed by atoms with E-state index in [0.29, 0.717) is 25.0 Å². The van der Waals surface area contributed by atoms with Gasteiger partial charge in [0.1, 0.15) is 5.75 Å². The maximum absolute atomic E-state index is 13.9. The predicted octanol–water partition coefficient (Wildman–Crippen LogP) is 4.53. The second-order valence-electron chi connectivity index (χ2n) is 8.16. The maximum Gasteiger partial charge on any atom is 0.439 e. The number of amides is 1. The third kappa shape index (κ3) is 3.99. The molecule has 1 saturated carbocycles. The minimum Gasteiger partial charge on any atom is -0.483 e. The molecule has 2 unspecified atom stereocenters. The number of nitrogens with zero attached hydrogens (tertiary/aromatic N) is 2. The van der Waals surface area contributed by atoms with Crippen LogP contribution in [0.25, 0.3) is 0 Å². The van der Waals surface area contributed by atoms with Gasteiger partial charge in [-0.2, -0.15) is 23.3 Å². The van der Waals surface area contributed by atoms with Crippen molar-refractivity contribution in [2.75, 3.05) is 6.61 Å². The van der Waals surface area contributed by atoms with Crippen molar-refractivity contribution in [2.45, 2.75) is 70.7 Å².